The van der Waals surface area contributed by atoms with Crippen molar-refractivity contribution in [3.8, 4) is 5.75 Å². The Morgan fingerprint density at radius 2 is 1.90 bits per heavy atom. The summed E-state index contributed by atoms with van der Waals surface area (Å²) in [7, 11) is 0. The minimum atomic E-state index is -0.511. The van der Waals surface area contributed by atoms with E-state index < -0.39 is 5.97 Å². The maximum absolute atomic E-state index is 12.5. The summed E-state index contributed by atoms with van der Waals surface area (Å²) in [5, 5.41) is 8.92. The van der Waals surface area contributed by atoms with E-state index in [1.807, 2.05) is 24.3 Å². The Morgan fingerprint density at radius 1 is 1.13 bits per heavy atom. The van der Waals surface area contributed by atoms with Crippen LogP contribution in [0.15, 0.2) is 53.6 Å². The third-order valence-corrected chi connectivity index (χ3v) is 6.53. The first-order valence-electron chi connectivity index (χ1n) is 8.64. The standard InChI is InChI=1S/C20H13ClN4O3S2/c1-11-17(30-25-23-11)19(26)24-22-10-12-6-8-13(9-7-12)28-20(27)18-16(21)14-4-2-3-5-15(14)29-18/h2-10H,1H3,(H,24,26). The van der Waals surface area contributed by atoms with Crippen LogP contribution in [0.2, 0.25) is 5.02 Å². The monoisotopic (exact) mass is 456 g/mol. The number of aromatic nitrogens is 2. The Morgan fingerprint density at radius 3 is 2.60 bits per heavy atom. The van der Waals surface area contributed by atoms with Crippen molar-refractivity contribution in [1.82, 2.24) is 15.0 Å². The summed E-state index contributed by atoms with van der Waals surface area (Å²) in [5.74, 6) is -0.506. The van der Waals surface area contributed by atoms with Crippen LogP contribution in [0, 0.1) is 6.92 Å². The fraction of sp³-hybridized carbons (Fsp3) is 0.0500. The molecule has 4 rings (SSSR count). The third kappa shape index (κ3) is 4.23. The van der Waals surface area contributed by atoms with Gasteiger partial charge in [-0.15, -0.1) is 16.4 Å². The van der Waals surface area contributed by atoms with Crippen molar-refractivity contribution in [3.05, 3.63) is 74.6 Å². The molecule has 0 saturated carbocycles. The average molecular weight is 457 g/mol. The molecule has 2 heterocycles. The molecule has 0 fully saturated rings. The number of carbonyl (C=O) groups is 2. The van der Waals surface area contributed by atoms with Crippen molar-refractivity contribution < 1.29 is 14.3 Å². The van der Waals surface area contributed by atoms with Gasteiger partial charge in [-0.1, -0.05) is 34.3 Å². The molecular formula is C20H13ClN4O3S2. The fourth-order valence-corrected chi connectivity index (χ4v) is 4.51. The molecule has 2 aromatic heterocycles. The first kappa shape index (κ1) is 20.1. The molecular weight excluding hydrogens is 444 g/mol. The van der Waals surface area contributed by atoms with Gasteiger partial charge in [-0.3, -0.25) is 4.79 Å². The van der Waals surface area contributed by atoms with Crippen LogP contribution >= 0.6 is 34.5 Å². The lowest BCUT2D eigenvalue weighted by Crippen LogP contribution is -2.17. The highest BCUT2D eigenvalue weighted by Gasteiger charge is 2.19. The van der Waals surface area contributed by atoms with Gasteiger partial charge < -0.3 is 4.74 Å². The summed E-state index contributed by atoms with van der Waals surface area (Å²) >= 11 is 8.62. The largest absolute Gasteiger partial charge is 0.422 e. The Balaban J connectivity index is 1.39. The van der Waals surface area contributed by atoms with Crippen molar-refractivity contribution >= 4 is 62.6 Å². The molecule has 0 radical (unpaired) electrons. The van der Waals surface area contributed by atoms with E-state index in [0.717, 1.165) is 21.6 Å². The number of benzene rings is 2. The van der Waals surface area contributed by atoms with E-state index in [4.69, 9.17) is 16.3 Å². The first-order valence-corrected chi connectivity index (χ1v) is 10.6. The molecule has 0 aliphatic carbocycles. The van der Waals surface area contributed by atoms with Gasteiger partial charge in [-0.05, 0) is 54.4 Å². The molecule has 0 saturated heterocycles. The topological polar surface area (TPSA) is 93.5 Å². The number of esters is 1. The van der Waals surface area contributed by atoms with Gasteiger partial charge in [0.25, 0.3) is 5.91 Å². The molecule has 2 aromatic carbocycles. The molecule has 0 aliphatic rings. The summed E-state index contributed by atoms with van der Waals surface area (Å²) < 4.78 is 10.1. The molecule has 0 unspecified atom stereocenters. The summed E-state index contributed by atoms with van der Waals surface area (Å²) in [6.45, 7) is 1.70. The van der Waals surface area contributed by atoms with Crippen LogP contribution in [0.25, 0.3) is 10.1 Å². The number of amides is 1. The number of rotatable bonds is 5. The quantitative estimate of drug-likeness (QED) is 0.203. The lowest BCUT2D eigenvalue weighted by atomic mass is 10.2. The minimum Gasteiger partial charge on any atom is -0.422 e. The molecule has 0 aliphatic heterocycles. The maximum Gasteiger partial charge on any atom is 0.355 e. The predicted octanol–water partition coefficient (Wildman–Crippen LogP) is 4.70. The number of halogens is 1. The number of thiophene rings is 1. The van der Waals surface area contributed by atoms with Gasteiger partial charge in [0.05, 0.1) is 16.9 Å². The van der Waals surface area contributed by atoms with Crippen molar-refractivity contribution in [2.45, 2.75) is 6.92 Å². The van der Waals surface area contributed by atoms with Gasteiger partial charge in [-0.25, -0.2) is 10.2 Å². The van der Waals surface area contributed by atoms with Gasteiger partial charge >= 0.3 is 5.97 Å². The van der Waals surface area contributed by atoms with E-state index >= 15 is 0 Å². The maximum atomic E-state index is 12.5. The summed E-state index contributed by atoms with van der Waals surface area (Å²) in [6.07, 6.45) is 1.48. The second-order valence-corrected chi connectivity index (χ2v) is 8.27. The number of hydrazone groups is 1. The van der Waals surface area contributed by atoms with Gasteiger partial charge in [0.15, 0.2) is 0 Å². The lowest BCUT2D eigenvalue weighted by molar-refractivity contribution is 0.0739. The van der Waals surface area contributed by atoms with Crippen LogP contribution in [0.3, 0.4) is 0 Å². The fourth-order valence-electron chi connectivity index (χ4n) is 2.58. The second-order valence-electron chi connectivity index (χ2n) is 6.09. The van der Waals surface area contributed by atoms with Crippen LogP contribution in [0.5, 0.6) is 5.75 Å². The zero-order valence-corrected chi connectivity index (χ0v) is 17.8. The average Bonchev–Trinajstić information content (AvgIpc) is 3.33. The van der Waals surface area contributed by atoms with Gasteiger partial charge in [-0.2, -0.15) is 5.10 Å². The highest BCUT2D eigenvalue weighted by atomic mass is 35.5. The minimum absolute atomic E-state index is 0.360. The number of hydrogen-bond acceptors (Lipinski definition) is 8. The van der Waals surface area contributed by atoms with Crippen LogP contribution in [-0.4, -0.2) is 27.7 Å². The molecule has 0 spiro atoms. The number of fused-ring (bicyclic) bond motifs is 1. The van der Waals surface area contributed by atoms with E-state index in [9.17, 15) is 9.59 Å². The Kier molecular flexibility index (Phi) is 5.84. The van der Waals surface area contributed by atoms with E-state index in [1.165, 1.54) is 17.6 Å². The smallest absolute Gasteiger partial charge is 0.355 e. The number of hydrogen-bond donors (Lipinski definition) is 1. The van der Waals surface area contributed by atoms with Crippen LogP contribution in [-0.2, 0) is 0 Å². The molecule has 0 atom stereocenters. The molecule has 4 aromatic rings. The molecule has 0 bridgehead atoms. The van der Waals surface area contributed by atoms with Crippen LogP contribution in [0.4, 0.5) is 0 Å². The third-order valence-electron chi connectivity index (χ3n) is 4.05. The number of aryl methyl sites for hydroxylation is 1. The van der Waals surface area contributed by atoms with E-state index in [1.54, 1.807) is 31.2 Å². The van der Waals surface area contributed by atoms with E-state index in [0.29, 0.717) is 31.8 Å². The van der Waals surface area contributed by atoms with Gasteiger partial charge in [0.1, 0.15) is 15.5 Å². The van der Waals surface area contributed by atoms with Crippen molar-refractivity contribution in [1.29, 1.82) is 0 Å². The van der Waals surface area contributed by atoms with E-state index in [-0.39, 0.29) is 5.91 Å². The highest BCUT2D eigenvalue weighted by molar-refractivity contribution is 7.21. The summed E-state index contributed by atoms with van der Waals surface area (Å²) in [5.41, 5.74) is 3.69. The number of nitrogens with zero attached hydrogens (tertiary/aromatic N) is 3. The van der Waals surface area contributed by atoms with Crippen LogP contribution in [0.1, 0.15) is 30.6 Å². The van der Waals surface area contributed by atoms with Crippen molar-refractivity contribution in [3.63, 3.8) is 0 Å². The number of ether oxygens (including phenoxy) is 1. The lowest BCUT2D eigenvalue weighted by Gasteiger charge is -2.03. The second kappa shape index (κ2) is 8.70. The zero-order valence-electron chi connectivity index (χ0n) is 15.5. The van der Waals surface area contributed by atoms with Gasteiger partial charge in [0, 0.05) is 10.1 Å². The molecule has 1 N–H and O–H groups in total. The number of nitrogens with one attached hydrogen (secondary N) is 1. The zero-order chi connectivity index (χ0) is 21.1. The highest BCUT2D eigenvalue weighted by Crippen LogP contribution is 2.35. The van der Waals surface area contributed by atoms with E-state index in [2.05, 4.69) is 20.1 Å². The first-order chi connectivity index (χ1) is 14.5. The number of carbonyl (C=O) groups excluding carboxylic acids is 2. The Hall–Kier alpha value is -3.14. The van der Waals surface area contributed by atoms with Crippen molar-refractivity contribution in [2.24, 2.45) is 5.10 Å². The Labute approximate surface area is 184 Å². The Bertz CT molecular complexity index is 1260. The summed E-state index contributed by atoms with van der Waals surface area (Å²) in [4.78, 5) is 25.2. The molecule has 7 nitrogen and oxygen atoms in total. The molecule has 1 amide bonds. The SMILES string of the molecule is Cc1nnsc1C(=O)NN=Cc1ccc(OC(=O)c2sc3ccccc3c2Cl)cc1. The predicted molar refractivity (Wildman–Crippen MR) is 118 cm³/mol. The molecule has 30 heavy (non-hydrogen) atoms. The normalized spacial score (nSPS) is 11.1. The molecule has 150 valence electrons. The van der Waals surface area contributed by atoms with Crippen LogP contribution < -0.4 is 10.2 Å². The van der Waals surface area contributed by atoms with Gasteiger partial charge in [0.2, 0.25) is 0 Å². The van der Waals surface area contributed by atoms with Crippen molar-refractivity contribution in [2.75, 3.05) is 0 Å². The molecule has 10 heteroatoms. The summed E-state index contributed by atoms with van der Waals surface area (Å²) in [6, 6.07) is 14.2.